The lowest BCUT2D eigenvalue weighted by Gasteiger charge is -2.25. The van der Waals surface area contributed by atoms with E-state index in [-0.39, 0.29) is 19.6 Å². The van der Waals surface area contributed by atoms with E-state index in [0.717, 1.165) is 0 Å². The largest absolute Gasteiger partial charge is 0.493 e. The molecule has 1 N–H and O–H groups in total. The molecule has 0 atom stereocenters. The van der Waals surface area contributed by atoms with Crippen LogP contribution >= 0.6 is 0 Å². The Morgan fingerprint density at radius 1 is 1.50 bits per heavy atom. The predicted molar refractivity (Wildman–Crippen MR) is 36.7 cm³/mol. The van der Waals surface area contributed by atoms with Crippen LogP contribution in [0.3, 0.4) is 0 Å². The van der Waals surface area contributed by atoms with Crippen molar-refractivity contribution in [3.05, 3.63) is 0 Å². The van der Waals surface area contributed by atoms with Crippen molar-refractivity contribution in [1.29, 1.82) is 0 Å². The highest BCUT2D eigenvalue weighted by atomic mass is 19.4. The van der Waals surface area contributed by atoms with Crippen LogP contribution in [0.4, 0.5) is 13.2 Å². The average Bonchev–Trinajstić information content (AvgIpc) is 2.07. The van der Waals surface area contributed by atoms with E-state index >= 15 is 0 Å². The number of amides is 1. The summed E-state index contributed by atoms with van der Waals surface area (Å²) in [7, 11) is 0. The van der Waals surface area contributed by atoms with Crippen molar-refractivity contribution in [3.63, 3.8) is 0 Å². The van der Waals surface area contributed by atoms with Gasteiger partial charge in [0, 0.05) is 6.54 Å². The van der Waals surface area contributed by atoms with Gasteiger partial charge in [-0.05, 0) is 0 Å². The summed E-state index contributed by atoms with van der Waals surface area (Å²) < 4.78 is 35.1. The normalized spacial score (nSPS) is 18.2. The van der Waals surface area contributed by atoms with Crippen LogP contribution in [-0.4, -0.2) is 42.8 Å². The highest BCUT2D eigenvalue weighted by Crippen LogP contribution is 2.17. The van der Waals surface area contributed by atoms with Gasteiger partial charge in [-0.3, -0.25) is 4.79 Å². The van der Waals surface area contributed by atoms with Gasteiger partial charge in [-0.15, -0.1) is 0 Å². The molecular formula is C6H7F3N2O3. The molecule has 0 aromatic rings. The maximum Gasteiger partial charge on any atom is 0.493 e. The summed E-state index contributed by atoms with van der Waals surface area (Å²) in [6.45, 7) is 0.0721. The number of alkyl halides is 3. The fraction of sp³-hybridized carbons (Fsp3) is 0.667. The van der Waals surface area contributed by atoms with Crippen molar-refractivity contribution in [2.75, 3.05) is 19.6 Å². The van der Waals surface area contributed by atoms with E-state index in [4.69, 9.17) is 0 Å². The Morgan fingerprint density at radius 2 is 2.14 bits per heavy atom. The molecule has 8 heteroatoms. The summed E-state index contributed by atoms with van der Waals surface area (Å²) >= 11 is 0. The third-order valence-electron chi connectivity index (χ3n) is 1.47. The van der Waals surface area contributed by atoms with Gasteiger partial charge >= 0.3 is 12.1 Å². The summed E-state index contributed by atoms with van der Waals surface area (Å²) in [6.07, 6.45) is -5.08. The second kappa shape index (κ2) is 3.82. The van der Waals surface area contributed by atoms with Crippen LogP contribution in [-0.2, 0) is 14.4 Å². The zero-order valence-electron chi connectivity index (χ0n) is 6.93. The molecule has 80 valence electrons. The molecule has 1 amide bonds. The minimum atomic E-state index is -5.08. The number of carbonyl (C=O) groups excluding carboxylic acids is 2. The van der Waals surface area contributed by atoms with E-state index in [9.17, 15) is 22.8 Å². The minimum absolute atomic E-state index is 0.0827. The van der Waals surface area contributed by atoms with E-state index in [1.807, 2.05) is 0 Å². The zero-order valence-corrected chi connectivity index (χ0v) is 6.93. The summed E-state index contributed by atoms with van der Waals surface area (Å²) in [5.41, 5.74) is 0. The second-order valence-corrected chi connectivity index (χ2v) is 2.55. The topological polar surface area (TPSA) is 58.6 Å². The molecule has 0 radical (unpaired) electrons. The smallest absolute Gasteiger partial charge is 0.329 e. The Kier molecular flexibility index (Phi) is 2.94. The van der Waals surface area contributed by atoms with E-state index in [0.29, 0.717) is 5.06 Å². The molecular weight excluding hydrogens is 205 g/mol. The van der Waals surface area contributed by atoms with E-state index in [1.54, 1.807) is 0 Å². The molecule has 1 aliphatic rings. The number of halogens is 3. The number of hydroxylamine groups is 2. The standard InChI is InChI=1S/C6H7F3N2O3/c7-6(8,9)5(13)14-11-2-1-10-3-4(11)12/h10H,1-3H2. The summed E-state index contributed by atoms with van der Waals surface area (Å²) in [4.78, 5) is 25.0. The fourth-order valence-electron chi connectivity index (χ4n) is 0.837. The number of carbonyl (C=O) groups is 2. The quantitative estimate of drug-likeness (QED) is 0.632. The van der Waals surface area contributed by atoms with Crippen molar-refractivity contribution in [3.8, 4) is 0 Å². The average molecular weight is 212 g/mol. The number of rotatable bonds is 1. The molecule has 5 nitrogen and oxygen atoms in total. The first-order valence-corrected chi connectivity index (χ1v) is 3.71. The lowest BCUT2D eigenvalue weighted by molar-refractivity contribution is -0.238. The highest BCUT2D eigenvalue weighted by molar-refractivity contribution is 5.81. The van der Waals surface area contributed by atoms with Gasteiger partial charge in [-0.25, -0.2) is 4.79 Å². The van der Waals surface area contributed by atoms with E-state index < -0.39 is 18.1 Å². The molecule has 0 aromatic carbocycles. The minimum Gasteiger partial charge on any atom is -0.329 e. The Morgan fingerprint density at radius 3 is 2.64 bits per heavy atom. The van der Waals surface area contributed by atoms with Crippen LogP contribution in [0.5, 0.6) is 0 Å². The summed E-state index contributed by atoms with van der Waals surface area (Å²) in [5, 5.41) is 3.02. The molecule has 1 rings (SSSR count). The zero-order chi connectivity index (χ0) is 10.8. The Hall–Kier alpha value is -1.31. The van der Waals surface area contributed by atoms with Gasteiger partial charge in [-0.2, -0.15) is 18.2 Å². The van der Waals surface area contributed by atoms with Crippen molar-refractivity contribution >= 4 is 11.9 Å². The molecule has 0 saturated carbocycles. The molecule has 1 fully saturated rings. The first-order valence-electron chi connectivity index (χ1n) is 3.71. The lowest BCUT2D eigenvalue weighted by atomic mass is 10.4. The molecule has 0 spiro atoms. The number of nitrogens with one attached hydrogen (secondary N) is 1. The first kappa shape index (κ1) is 10.8. The Bertz CT molecular complexity index is 253. The monoisotopic (exact) mass is 212 g/mol. The Labute approximate surface area is 76.8 Å². The maximum absolute atomic E-state index is 11.7. The van der Waals surface area contributed by atoms with Gasteiger partial charge in [0.1, 0.15) is 0 Å². The summed E-state index contributed by atoms with van der Waals surface area (Å²) in [5.74, 6) is -3.08. The van der Waals surface area contributed by atoms with Crippen LogP contribution in [0.1, 0.15) is 0 Å². The highest BCUT2D eigenvalue weighted by Gasteiger charge is 2.43. The van der Waals surface area contributed by atoms with Crippen LogP contribution < -0.4 is 5.32 Å². The molecule has 0 bridgehead atoms. The van der Waals surface area contributed by atoms with Crippen LogP contribution in [0, 0.1) is 0 Å². The van der Waals surface area contributed by atoms with E-state index in [1.165, 1.54) is 0 Å². The first-order chi connectivity index (χ1) is 6.41. The number of hydrogen-bond donors (Lipinski definition) is 1. The van der Waals surface area contributed by atoms with Crippen LogP contribution in [0.25, 0.3) is 0 Å². The molecule has 1 saturated heterocycles. The fourth-order valence-corrected chi connectivity index (χ4v) is 0.837. The van der Waals surface area contributed by atoms with Crippen LogP contribution in [0.15, 0.2) is 0 Å². The molecule has 1 heterocycles. The van der Waals surface area contributed by atoms with Gasteiger partial charge in [-0.1, -0.05) is 0 Å². The van der Waals surface area contributed by atoms with Crippen molar-refractivity contribution in [2.24, 2.45) is 0 Å². The van der Waals surface area contributed by atoms with Crippen molar-refractivity contribution in [1.82, 2.24) is 10.4 Å². The summed E-state index contributed by atoms with van der Waals surface area (Å²) in [6, 6.07) is 0. The van der Waals surface area contributed by atoms with E-state index in [2.05, 4.69) is 10.2 Å². The van der Waals surface area contributed by atoms with Crippen molar-refractivity contribution in [2.45, 2.75) is 6.18 Å². The van der Waals surface area contributed by atoms with Crippen molar-refractivity contribution < 1.29 is 27.6 Å². The molecule has 0 aromatic heterocycles. The molecule has 0 aliphatic carbocycles. The van der Waals surface area contributed by atoms with Gasteiger partial charge in [0.25, 0.3) is 5.91 Å². The van der Waals surface area contributed by atoms with Gasteiger partial charge < -0.3 is 10.2 Å². The second-order valence-electron chi connectivity index (χ2n) is 2.55. The number of hydrogen-bond acceptors (Lipinski definition) is 4. The SMILES string of the molecule is O=C1CNCCN1OC(=O)C(F)(F)F. The predicted octanol–water partition coefficient (Wildman–Crippen LogP) is -0.561. The third kappa shape index (κ3) is 2.59. The number of nitrogens with zero attached hydrogens (tertiary/aromatic N) is 1. The third-order valence-corrected chi connectivity index (χ3v) is 1.47. The molecule has 14 heavy (non-hydrogen) atoms. The lowest BCUT2D eigenvalue weighted by Crippen LogP contribution is -2.50. The van der Waals surface area contributed by atoms with Gasteiger partial charge in [0.15, 0.2) is 0 Å². The van der Waals surface area contributed by atoms with Crippen LogP contribution in [0.2, 0.25) is 0 Å². The molecule has 1 aliphatic heterocycles. The van der Waals surface area contributed by atoms with Gasteiger partial charge in [0.2, 0.25) is 0 Å². The maximum atomic E-state index is 11.7. The number of piperazine rings is 1. The van der Waals surface area contributed by atoms with Gasteiger partial charge in [0.05, 0.1) is 13.1 Å². The molecule has 0 unspecified atom stereocenters. The Balaban J connectivity index is 2.51.